The Bertz CT molecular complexity index is 823. The maximum atomic E-state index is 13.1. The monoisotopic (exact) mass is 346 g/mol. The molecule has 2 atom stereocenters. The van der Waals surface area contributed by atoms with Gasteiger partial charge in [-0.3, -0.25) is 9.78 Å². The minimum atomic E-state index is -1.20. The largest absolute Gasteiger partial charge is 0.378 e. The summed E-state index contributed by atoms with van der Waals surface area (Å²) in [5.41, 5.74) is 2.38. The highest BCUT2D eigenvalue weighted by Gasteiger charge is 2.28. The number of nitrogens with zero attached hydrogens (tertiary/aromatic N) is 2. The lowest BCUT2D eigenvalue weighted by Gasteiger charge is -2.31. The van der Waals surface area contributed by atoms with E-state index in [1.54, 1.807) is 23.2 Å². The highest BCUT2D eigenvalue weighted by Crippen LogP contribution is 2.25. The topological polar surface area (TPSA) is 53.4 Å². The third-order valence-electron chi connectivity index (χ3n) is 4.41. The van der Waals surface area contributed by atoms with E-state index in [0.717, 1.165) is 11.3 Å². The van der Waals surface area contributed by atoms with Crippen LogP contribution >= 0.6 is 0 Å². The molecular formula is C22H22N2O2. The Balaban J connectivity index is 1.90. The summed E-state index contributed by atoms with van der Waals surface area (Å²) in [6, 6.07) is 24.2. The molecule has 3 aromatic rings. The molecule has 0 aliphatic carbocycles. The van der Waals surface area contributed by atoms with Crippen LogP contribution in [0, 0.1) is 0 Å². The van der Waals surface area contributed by atoms with Crippen molar-refractivity contribution in [2.24, 2.45) is 0 Å². The maximum Gasteiger partial charge on any atom is 0.256 e. The fourth-order valence-corrected chi connectivity index (χ4v) is 2.90. The summed E-state index contributed by atoms with van der Waals surface area (Å²) in [5, 5.41) is 10.6. The number of amides is 1. The van der Waals surface area contributed by atoms with Crippen molar-refractivity contribution < 1.29 is 9.90 Å². The molecule has 0 radical (unpaired) electrons. The average Bonchev–Trinajstić information content (AvgIpc) is 2.72. The van der Waals surface area contributed by atoms with Crippen LogP contribution in [0.2, 0.25) is 0 Å². The van der Waals surface area contributed by atoms with Crippen molar-refractivity contribution in [3.8, 4) is 0 Å². The van der Waals surface area contributed by atoms with E-state index in [0.29, 0.717) is 12.1 Å². The number of benzene rings is 2. The van der Waals surface area contributed by atoms with Gasteiger partial charge in [-0.05, 0) is 30.2 Å². The molecule has 1 N–H and O–H groups in total. The molecule has 0 bridgehead atoms. The van der Waals surface area contributed by atoms with Crippen molar-refractivity contribution in [1.29, 1.82) is 0 Å². The van der Waals surface area contributed by atoms with Crippen LogP contribution in [0.4, 0.5) is 0 Å². The van der Waals surface area contributed by atoms with Crippen LogP contribution in [-0.2, 0) is 11.3 Å². The first-order valence-corrected chi connectivity index (χ1v) is 8.65. The SMILES string of the molecule is CC(c1ccccn1)N(Cc1ccccc1)C(=O)C(O)c1ccccc1. The molecule has 1 heterocycles. The van der Waals surface area contributed by atoms with Crippen LogP contribution < -0.4 is 0 Å². The van der Waals surface area contributed by atoms with E-state index in [4.69, 9.17) is 0 Å². The van der Waals surface area contributed by atoms with Gasteiger partial charge in [-0.2, -0.15) is 0 Å². The molecule has 4 heteroatoms. The smallest absolute Gasteiger partial charge is 0.256 e. The predicted molar refractivity (Wildman–Crippen MR) is 101 cm³/mol. The number of hydrogen-bond acceptors (Lipinski definition) is 3. The number of aromatic nitrogens is 1. The van der Waals surface area contributed by atoms with Gasteiger partial charge in [0.15, 0.2) is 6.10 Å². The van der Waals surface area contributed by atoms with Gasteiger partial charge in [-0.15, -0.1) is 0 Å². The Morgan fingerprint density at radius 2 is 1.58 bits per heavy atom. The summed E-state index contributed by atoms with van der Waals surface area (Å²) in [6.45, 7) is 2.34. The third kappa shape index (κ3) is 4.16. The molecule has 0 spiro atoms. The molecule has 0 aliphatic rings. The number of carbonyl (C=O) groups excluding carboxylic acids is 1. The predicted octanol–water partition coefficient (Wildman–Crippen LogP) is 3.91. The van der Waals surface area contributed by atoms with E-state index in [2.05, 4.69) is 4.98 Å². The maximum absolute atomic E-state index is 13.1. The number of carbonyl (C=O) groups is 1. The van der Waals surface area contributed by atoms with Crippen molar-refractivity contribution in [2.45, 2.75) is 25.6 Å². The zero-order valence-corrected chi connectivity index (χ0v) is 14.7. The normalized spacial score (nSPS) is 13.0. The first-order valence-electron chi connectivity index (χ1n) is 8.65. The lowest BCUT2D eigenvalue weighted by Crippen LogP contribution is -2.37. The minimum absolute atomic E-state index is 0.262. The molecule has 2 aromatic carbocycles. The van der Waals surface area contributed by atoms with Crippen LogP contribution in [0.5, 0.6) is 0 Å². The van der Waals surface area contributed by atoms with Crippen LogP contribution in [0.15, 0.2) is 85.1 Å². The van der Waals surface area contributed by atoms with E-state index >= 15 is 0 Å². The first kappa shape index (κ1) is 17.8. The molecule has 0 saturated carbocycles. The van der Waals surface area contributed by atoms with Gasteiger partial charge in [0.05, 0.1) is 11.7 Å². The van der Waals surface area contributed by atoms with Crippen molar-refractivity contribution in [2.75, 3.05) is 0 Å². The minimum Gasteiger partial charge on any atom is -0.378 e. The second kappa shape index (κ2) is 8.41. The zero-order valence-electron chi connectivity index (χ0n) is 14.7. The molecule has 132 valence electrons. The summed E-state index contributed by atoms with van der Waals surface area (Å²) in [6.07, 6.45) is 0.510. The molecule has 0 fully saturated rings. The van der Waals surface area contributed by atoms with Gasteiger partial charge in [0.2, 0.25) is 0 Å². The summed E-state index contributed by atoms with van der Waals surface area (Å²) >= 11 is 0. The van der Waals surface area contributed by atoms with Gasteiger partial charge < -0.3 is 10.0 Å². The van der Waals surface area contributed by atoms with Crippen molar-refractivity contribution in [1.82, 2.24) is 9.88 Å². The van der Waals surface area contributed by atoms with Gasteiger partial charge in [0.1, 0.15) is 0 Å². The fourth-order valence-electron chi connectivity index (χ4n) is 2.90. The average molecular weight is 346 g/mol. The molecule has 2 unspecified atom stereocenters. The van der Waals surface area contributed by atoms with Gasteiger partial charge in [-0.25, -0.2) is 0 Å². The molecule has 0 aliphatic heterocycles. The lowest BCUT2D eigenvalue weighted by molar-refractivity contribution is -0.143. The van der Waals surface area contributed by atoms with E-state index in [9.17, 15) is 9.90 Å². The second-order valence-electron chi connectivity index (χ2n) is 6.20. The van der Waals surface area contributed by atoms with Gasteiger partial charge in [0, 0.05) is 12.7 Å². The van der Waals surface area contributed by atoms with Gasteiger partial charge in [0.25, 0.3) is 5.91 Å². The summed E-state index contributed by atoms with van der Waals surface area (Å²) in [5.74, 6) is -0.335. The summed E-state index contributed by atoms with van der Waals surface area (Å²) in [4.78, 5) is 19.2. The number of hydrogen-bond donors (Lipinski definition) is 1. The quantitative estimate of drug-likeness (QED) is 0.736. The van der Waals surface area contributed by atoms with E-state index < -0.39 is 6.10 Å². The highest BCUT2D eigenvalue weighted by molar-refractivity contribution is 5.82. The van der Waals surface area contributed by atoms with Crippen molar-refractivity contribution in [3.05, 3.63) is 102 Å². The molecule has 4 nitrogen and oxygen atoms in total. The Hall–Kier alpha value is -2.98. The van der Waals surface area contributed by atoms with Crippen LogP contribution in [0.25, 0.3) is 0 Å². The molecule has 26 heavy (non-hydrogen) atoms. The molecule has 3 rings (SSSR count). The molecule has 0 saturated heterocycles. The van der Waals surface area contributed by atoms with Crippen LogP contribution in [0.3, 0.4) is 0 Å². The Morgan fingerprint density at radius 1 is 0.962 bits per heavy atom. The fraction of sp³-hybridized carbons (Fsp3) is 0.182. The van der Waals surface area contributed by atoms with Crippen molar-refractivity contribution in [3.63, 3.8) is 0 Å². The van der Waals surface area contributed by atoms with Gasteiger partial charge >= 0.3 is 0 Å². The van der Waals surface area contributed by atoms with Crippen LogP contribution in [-0.4, -0.2) is 20.9 Å². The Labute approximate surface area is 153 Å². The second-order valence-corrected chi connectivity index (χ2v) is 6.20. The number of pyridine rings is 1. The third-order valence-corrected chi connectivity index (χ3v) is 4.41. The zero-order chi connectivity index (χ0) is 18.4. The number of aliphatic hydroxyl groups excluding tert-OH is 1. The lowest BCUT2D eigenvalue weighted by atomic mass is 10.1. The van der Waals surface area contributed by atoms with Crippen molar-refractivity contribution >= 4 is 5.91 Å². The van der Waals surface area contributed by atoms with E-state index in [-0.39, 0.29) is 11.9 Å². The first-order chi connectivity index (χ1) is 12.7. The molecule has 1 amide bonds. The molecular weight excluding hydrogens is 324 g/mol. The van der Waals surface area contributed by atoms with E-state index in [1.165, 1.54) is 0 Å². The number of aliphatic hydroxyl groups is 1. The Morgan fingerprint density at radius 3 is 2.19 bits per heavy atom. The highest BCUT2D eigenvalue weighted by atomic mass is 16.3. The van der Waals surface area contributed by atoms with Crippen LogP contribution in [0.1, 0.15) is 35.9 Å². The standard InChI is InChI=1S/C22H22N2O2/c1-17(20-14-8-9-15-23-20)24(16-18-10-4-2-5-11-18)22(26)21(25)19-12-6-3-7-13-19/h2-15,17,21,25H,16H2,1H3. The molecule has 1 aromatic heterocycles. The number of rotatable bonds is 6. The Kier molecular flexibility index (Phi) is 5.77. The van der Waals surface area contributed by atoms with Gasteiger partial charge in [-0.1, -0.05) is 66.7 Å². The summed E-state index contributed by atoms with van der Waals surface area (Å²) in [7, 11) is 0. The summed E-state index contributed by atoms with van der Waals surface area (Å²) < 4.78 is 0. The van der Waals surface area contributed by atoms with E-state index in [1.807, 2.05) is 73.7 Å².